The number of aryl methyl sites for hydroxylation is 2. The van der Waals surface area contributed by atoms with E-state index in [1.807, 2.05) is 43.1 Å². The van der Waals surface area contributed by atoms with Crippen molar-refractivity contribution < 1.29 is 4.39 Å². The van der Waals surface area contributed by atoms with Gasteiger partial charge in [-0.05, 0) is 50.5 Å². The molecule has 0 aliphatic rings. The first kappa shape index (κ1) is 14.7. The van der Waals surface area contributed by atoms with Crippen LogP contribution >= 0.6 is 0 Å². The molecule has 0 bridgehead atoms. The van der Waals surface area contributed by atoms with E-state index in [9.17, 15) is 4.39 Å². The van der Waals surface area contributed by atoms with Gasteiger partial charge in [0.1, 0.15) is 5.82 Å². The Kier molecular flexibility index (Phi) is 3.95. The number of nitrogens with zero attached hydrogens (tertiary/aromatic N) is 2. The van der Waals surface area contributed by atoms with Gasteiger partial charge in [-0.1, -0.05) is 6.92 Å². The van der Waals surface area contributed by atoms with Crippen molar-refractivity contribution >= 4 is 0 Å². The summed E-state index contributed by atoms with van der Waals surface area (Å²) in [5.74, 6) is -0.220. The fourth-order valence-corrected chi connectivity index (χ4v) is 2.27. The number of rotatable bonds is 4. The second-order valence-corrected chi connectivity index (χ2v) is 5.87. The predicted octanol–water partition coefficient (Wildman–Crippen LogP) is 3.60. The summed E-state index contributed by atoms with van der Waals surface area (Å²) in [6, 6.07) is 3.67. The van der Waals surface area contributed by atoms with Crippen LogP contribution in [0, 0.1) is 12.7 Å². The lowest BCUT2D eigenvalue weighted by atomic mass is 9.90. The van der Waals surface area contributed by atoms with Gasteiger partial charge >= 0.3 is 0 Å². The molecule has 3 nitrogen and oxygen atoms in total. The van der Waals surface area contributed by atoms with Crippen LogP contribution in [0.4, 0.5) is 4.39 Å². The second kappa shape index (κ2) is 5.37. The number of benzene rings is 1. The summed E-state index contributed by atoms with van der Waals surface area (Å²) >= 11 is 0. The van der Waals surface area contributed by atoms with E-state index in [0.29, 0.717) is 11.1 Å². The van der Waals surface area contributed by atoms with Gasteiger partial charge in [0, 0.05) is 29.4 Å². The second-order valence-electron chi connectivity index (χ2n) is 5.87. The van der Waals surface area contributed by atoms with Gasteiger partial charge in [-0.15, -0.1) is 0 Å². The monoisotopic (exact) mass is 275 g/mol. The van der Waals surface area contributed by atoms with E-state index in [4.69, 9.17) is 5.73 Å². The summed E-state index contributed by atoms with van der Waals surface area (Å²) in [4.78, 5) is 0. The Balaban J connectivity index is 2.49. The van der Waals surface area contributed by atoms with E-state index in [1.54, 1.807) is 6.92 Å². The zero-order valence-electron chi connectivity index (χ0n) is 12.6. The molecule has 0 radical (unpaired) electrons. The van der Waals surface area contributed by atoms with Crippen LogP contribution in [0.15, 0.2) is 24.5 Å². The molecule has 0 aliphatic carbocycles. The third-order valence-electron chi connectivity index (χ3n) is 3.37. The number of nitrogens with two attached hydrogens (primary N) is 1. The molecule has 0 amide bonds. The molecule has 0 saturated carbocycles. The molecular weight excluding hydrogens is 253 g/mol. The molecule has 0 fully saturated rings. The molecule has 1 heterocycles. The first-order valence-electron chi connectivity index (χ1n) is 6.95. The molecule has 0 saturated heterocycles. The maximum absolute atomic E-state index is 14.2. The molecular formula is C16H22FN3. The van der Waals surface area contributed by atoms with Crippen molar-refractivity contribution in [3.8, 4) is 11.1 Å². The Labute approximate surface area is 119 Å². The van der Waals surface area contributed by atoms with E-state index in [2.05, 4.69) is 12.0 Å². The van der Waals surface area contributed by atoms with Crippen molar-refractivity contribution in [1.29, 1.82) is 0 Å². The number of hydrogen-bond donors (Lipinski definition) is 1. The van der Waals surface area contributed by atoms with Crippen LogP contribution in [0.25, 0.3) is 11.1 Å². The van der Waals surface area contributed by atoms with Crippen molar-refractivity contribution in [3.63, 3.8) is 0 Å². The summed E-state index contributed by atoms with van der Waals surface area (Å²) in [5.41, 5.74) is 8.46. The van der Waals surface area contributed by atoms with Gasteiger partial charge in [0.2, 0.25) is 0 Å². The highest BCUT2D eigenvalue weighted by Crippen LogP contribution is 2.29. The average Bonchev–Trinajstić information content (AvgIpc) is 2.80. The summed E-state index contributed by atoms with van der Waals surface area (Å²) in [6.07, 6.45) is 4.84. The van der Waals surface area contributed by atoms with E-state index in [1.165, 1.54) is 0 Å². The van der Waals surface area contributed by atoms with Crippen molar-refractivity contribution in [3.05, 3.63) is 41.5 Å². The topological polar surface area (TPSA) is 43.8 Å². The molecule has 0 spiro atoms. The van der Waals surface area contributed by atoms with Gasteiger partial charge < -0.3 is 5.73 Å². The minimum absolute atomic E-state index is 0.220. The molecule has 4 heteroatoms. The maximum atomic E-state index is 14.2. The lowest BCUT2D eigenvalue weighted by Gasteiger charge is -2.21. The van der Waals surface area contributed by atoms with Crippen molar-refractivity contribution in [1.82, 2.24) is 9.78 Å². The highest BCUT2D eigenvalue weighted by Gasteiger charge is 2.21. The van der Waals surface area contributed by atoms with Gasteiger partial charge in [-0.3, -0.25) is 4.68 Å². The smallest absolute Gasteiger partial charge is 0.131 e. The Hall–Kier alpha value is -1.68. The van der Waals surface area contributed by atoms with Gasteiger partial charge in [0.15, 0.2) is 0 Å². The minimum Gasteiger partial charge on any atom is -0.322 e. The highest BCUT2D eigenvalue weighted by atomic mass is 19.1. The summed E-state index contributed by atoms with van der Waals surface area (Å²) in [7, 11) is 0. The molecule has 20 heavy (non-hydrogen) atoms. The van der Waals surface area contributed by atoms with E-state index in [0.717, 1.165) is 24.1 Å². The van der Waals surface area contributed by atoms with Gasteiger partial charge in [-0.2, -0.15) is 5.10 Å². The average molecular weight is 275 g/mol. The Bertz CT molecular complexity index is 609. The third kappa shape index (κ3) is 2.90. The zero-order valence-corrected chi connectivity index (χ0v) is 12.6. The van der Waals surface area contributed by atoms with Gasteiger partial charge in [-0.25, -0.2) is 4.39 Å². The van der Waals surface area contributed by atoms with Crippen LogP contribution in [0.1, 0.15) is 38.3 Å². The molecule has 0 atom stereocenters. The largest absolute Gasteiger partial charge is 0.322 e. The normalized spacial score (nSPS) is 11.9. The van der Waals surface area contributed by atoms with Crippen LogP contribution < -0.4 is 5.73 Å². The van der Waals surface area contributed by atoms with E-state index < -0.39 is 5.54 Å². The standard InChI is InChI=1S/C16H22FN3/c1-5-6-20-10-13(9-19-20)12-7-11(2)15(17)14(8-12)16(3,4)18/h7-10H,5-6,18H2,1-4H3. The molecule has 1 aromatic carbocycles. The number of aromatic nitrogens is 2. The van der Waals surface area contributed by atoms with Crippen molar-refractivity contribution in [2.45, 2.75) is 46.2 Å². The fourth-order valence-electron chi connectivity index (χ4n) is 2.27. The van der Waals surface area contributed by atoms with Crippen LogP contribution in [0.5, 0.6) is 0 Å². The molecule has 2 N–H and O–H groups in total. The Morgan fingerprint density at radius 1 is 1.30 bits per heavy atom. The number of halogens is 1. The van der Waals surface area contributed by atoms with Crippen LogP contribution in [-0.2, 0) is 12.1 Å². The van der Waals surface area contributed by atoms with Gasteiger partial charge in [0.05, 0.1) is 6.20 Å². The SMILES string of the molecule is CCCn1cc(-c2cc(C)c(F)c(C(C)(C)N)c2)cn1. The highest BCUT2D eigenvalue weighted by molar-refractivity contribution is 5.64. The first-order chi connectivity index (χ1) is 9.32. The van der Waals surface area contributed by atoms with E-state index >= 15 is 0 Å². The number of hydrogen-bond acceptors (Lipinski definition) is 2. The van der Waals surface area contributed by atoms with Gasteiger partial charge in [0.25, 0.3) is 0 Å². The van der Waals surface area contributed by atoms with Crippen molar-refractivity contribution in [2.75, 3.05) is 0 Å². The zero-order chi connectivity index (χ0) is 14.9. The summed E-state index contributed by atoms with van der Waals surface area (Å²) in [5, 5.41) is 4.32. The summed E-state index contributed by atoms with van der Waals surface area (Å²) < 4.78 is 16.1. The molecule has 0 aliphatic heterocycles. The summed E-state index contributed by atoms with van der Waals surface area (Å²) in [6.45, 7) is 8.39. The Morgan fingerprint density at radius 3 is 2.60 bits per heavy atom. The van der Waals surface area contributed by atoms with Crippen LogP contribution in [-0.4, -0.2) is 9.78 Å². The predicted molar refractivity (Wildman–Crippen MR) is 79.9 cm³/mol. The molecule has 1 aromatic heterocycles. The van der Waals surface area contributed by atoms with Crippen LogP contribution in [0.2, 0.25) is 0 Å². The Morgan fingerprint density at radius 2 is 2.00 bits per heavy atom. The lowest BCUT2D eigenvalue weighted by Crippen LogP contribution is -2.30. The molecule has 0 unspecified atom stereocenters. The fraction of sp³-hybridized carbons (Fsp3) is 0.438. The molecule has 108 valence electrons. The van der Waals surface area contributed by atoms with E-state index in [-0.39, 0.29) is 5.82 Å². The lowest BCUT2D eigenvalue weighted by molar-refractivity contribution is 0.498. The maximum Gasteiger partial charge on any atom is 0.131 e. The first-order valence-corrected chi connectivity index (χ1v) is 6.95. The molecule has 2 rings (SSSR count). The van der Waals surface area contributed by atoms with Crippen molar-refractivity contribution in [2.24, 2.45) is 5.73 Å². The van der Waals surface area contributed by atoms with Crippen LogP contribution in [0.3, 0.4) is 0 Å². The quantitative estimate of drug-likeness (QED) is 0.926. The molecule has 2 aromatic rings. The minimum atomic E-state index is -0.704. The third-order valence-corrected chi connectivity index (χ3v) is 3.37.